The lowest BCUT2D eigenvalue weighted by molar-refractivity contribution is 0.213. The summed E-state index contributed by atoms with van der Waals surface area (Å²) in [6, 6.07) is 11.4. The number of aliphatic imine (C=N–C) groups is 1. The van der Waals surface area contributed by atoms with Crippen LogP contribution < -0.4 is 10.9 Å². The fourth-order valence-corrected chi connectivity index (χ4v) is 3.26. The molecule has 4 rings (SSSR count). The normalized spacial score (nSPS) is 20.6. The molecule has 0 spiro atoms. The first-order valence-electron chi connectivity index (χ1n) is 8.55. The Morgan fingerprint density at radius 2 is 1.84 bits per heavy atom. The lowest BCUT2D eigenvalue weighted by atomic mass is 10.1. The van der Waals surface area contributed by atoms with E-state index in [1.807, 2.05) is 37.3 Å². The average molecular weight is 338 g/mol. The summed E-state index contributed by atoms with van der Waals surface area (Å²) < 4.78 is 1.63. The number of benzene rings is 1. The minimum Gasteiger partial charge on any atom is -0.340 e. The molecule has 7 heteroatoms. The topological polar surface area (TPSA) is 65.8 Å². The lowest BCUT2D eigenvalue weighted by Crippen LogP contribution is -2.51. The molecule has 1 fully saturated rings. The molecule has 7 nitrogen and oxygen atoms in total. The molecule has 2 aliphatic rings. The summed E-state index contributed by atoms with van der Waals surface area (Å²) in [7, 11) is 2.12. The highest BCUT2D eigenvalue weighted by atomic mass is 16.1. The van der Waals surface area contributed by atoms with Crippen molar-refractivity contribution in [2.24, 2.45) is 4.99 Å². The molecule has 0 radical (unpaired) electrons. The van der Waals surface area contributed by atoms with Crippen LogP contribution in [-0.4, -0.2) is 58.5 Å². The summed E-state index contributed by atoms with van der Waals surface area (Å²) in [4.78, 5) is 26.5. The minimum absolute atomic E-state index is 0.0926. The number of hydrogen-bond donors (Lipinski definition) is 1. The zero-order valence-electron chi connectivity index (χ0n) is 14.5. The van der Waals surface area contributed by atoms with E-state index in [2.05, 4.69) is 27.1 Å². The van der Waals surface area contributed by atoms with Gasteiger partial charge in [0.1, 0.15) is 0 Å². The van der Waals surface area contributed by atoms with Gasteiger partial charge in [-0.3, -0.25) is 14.7 Å². The number of nitrogens with zero attached hydrogens (tertiary/aromatic N) is 5. The first-order chi connectivity index (χ1) is 12.1. The monoisotopic (exact) mass is 338 g/mol. The van der Waals surface area contributed by atoms with Gasteiger partial charge in [-0.05, 0) is 19.5 Å². The first kappa shape index (κ1) is 15.8. The van der Waals surface area contributed by atoms with Crippen LogP contribution in [0.1, 0.15) is 17.4 Å². The molecule has 1 aromatic carbocycles. The maximum atomic E-state index is 12.6. The Bertz CT molecular complexity index is 852. The lowest BCUT2D eigenvalue weighted by Gasteiger charge is -2.37. The Kier molecular flexibility index (Phi) is 4.01. The second kappa shape index (κ2) is 6.33. The van der Waals surface area contributed by atoms with Gasteiger partial charge < -0.3 is 9.80 Å². The molecule has 1 saturated heterocycles. The third-order valence-corrected chi connectivity index (χ3v) is 4.69. The molecule has 0 bridgehead atoms. The molecule has 1 aromatic heterocycles. The van der Waals surface area contributed by atoms with Crippen LogP contribution in [0.5, 0.6) is 0 Å². The minimum atomic E-state index is -0.396. The van der Waals surface area contributed by atoms with E-state index < -0.39 is 6.17 Å². The van der Waals surface area contributed by atoms with E-state index in [9.17, 15) is 4.79 Å². The van der Waals surface area contributed by atoms with E-state index in [1.165, 1.54) is 0 Å². The number of rotatable bonds is 1. The van der Waals surface area contributed by atoms with Gasteiger partial charge in [0.05, 0.1) is 0 Å². The van der Waals surface area contributed by atoms with Gasteiger partial charge in [-0.2, -0.15) is 0 Å². The van der Waals surface area contributed by atoms with Crippen molar-refractivity contribution < 1.29 is 0 Å². The molecule has 0 amide bonds. The van der Waals surface area contributed by atoms with E-state index in [-0.39, 0.29) is 5.56 Å². The molecular formula is C18H22N6O. The SMILES string of the molecule is Cc1cc(=O)n2c(n1)NC(N1CCN(C)CC1)=NC2c1ccccc1. The van der Waals surface area contributed by atoms with E-state index in [1.54, 1.807) is 10.6 Å². The molecule has 1 unspecified atom stereocenters. The van der Waals surface area contributed by atoms with Crippen LogP contribution >= 0.6 is 0 Å². The Morgan fingerprint density at radius 3 is 2.56 bits per heavy atom. The maximum absolute atomic E-state index is 12.6. The van der Waals surface area contributed by atoms with Crippen molar-refractivity contribution >= 4 is 11.9 Å². The van der Waals surface area contributed by atoms with Gasteiger partial charge in [0.15, 0.2) is 6.17 Å². The van der Waals surface area contributed by atoms with E-state index in [0.717, 1.165) is 37.7 Å². The predicted molar refractivity (Wildman–Crippen MR) is 97.9 cm³/mol. The summed E-state index contributed by atoms with van der Waals surface area (Å²) >= 11 is 0. The molecule has 1 atom stereocenters. The number of fused-ring (bicyclic) bond motifs is 1. The van der Waals surface area contributed by atoms with Crippen LogP contribution in [-0.2, 0) is 0 Å². The van der Waals surface area contributed by atoms with Gasteiger partial charge in [0, 0.05) is 37.9 Å². The first-order valence-corrected chi connectivity index (χ1v) is 8.55. The van der Waals surface area contributed by atoms with Gasteiger partial charge in [0.25, 0.3) is 5.56 Å². The Balaban J connectivity index is 1.78. The van der Waals surface area contributed by atoms with Gasteiger partial charge in [-0.1, -0.05) is 30.3 Å². The van der Waals surface area contributed by atoms with Crippen LogP contribution in [0.25, 0.3) is 0 Å². The number of anilines is 1. The van der Waals surface area contributed by atoms with Gasteiger partial charge in [-0.25, -0.2) is 9.98 Å². The molecular weight excluding hydrogens is 316 g/mol. The molecule has 130 valence electrons. The van der Waals surface area contributed by atoms with Crippen LogP contribution in [0.3, 0.4) is 0 Å². The Morgan fingerprint density at radius 1 is 1.12 bits per heavy atom. The van der Waals surface area contributed by atoms with Gasteiger partial charge in [-0.15, -0.1) is 0 Å². The standard InChI is InChI=1S/C18H22N6O/c1-13-12-15(25)24-16(14-6-4-3-5-7-14)20-17(21-18(24)19-13)23-10-8-22(2)9-11-23/h3-7,12,16H,8-11H2,1-2H3,(H,19,20,21). The third-order valence-electron chi connectivity index (χ3n) is 4.69. The quantitative estimate of drug-likeness (QED) is 0.844. The third kappa shape index (κ3) is 3.02. The van der Waals surface area contributed by atoms with Crippen molar-refractivity contribution in [3.63, 3.8) is 0 Å². The van der Waals surface area contributed by atoms with Crippen molar-refractivity contribution in [1.29, 1.82) is 0 Å². The molecule has 1 N–H and O–H groups in total. The van der Waals surface area contributed by atoms with E-state index >= 15 is 0 Å². The molecule has 2 aliphatic heterocycles. The number of hydrogen-bond acceptors (Lipinski definition) is 6. The number of guanidine groups is 1. The highest BCUT2D eigenvalue weighted by Gasteiger charge is 2.28. The Labute approximate surface area is 146 Å². The predicted octanol–water partition coefficient (Wildman–Crippen LogP) is 1.13. The van der Waals surface area contributed by atoms with Crippen molar-refractivity contribution in [2.75, 3.05) is 38.5 Å². The smallest absolute Gasteiger partial charge is 0.257 e. The second-order valence-corrected chi connectivity index (χ2v) is 6.58. The van der Waals surface area contributed by atoms with Crippen LogP contribution in [0, 0.1) is 6.92 Å². The van der Waals surface area contributed by atoms with Crippen molar-refractivity contribution in [3.8, 4) is 0 Å². The fraction of sp³-hybridized carbons (Fsp3) is 0.389. The molecule has 0 saturated carbocycles. The fourth-order valence-electron chi connectivity index (χ4n) is 3.26. The number of piperazine rings is 1. The zero-order valence-corrected chi connectivity index (χ0v) is 14.5. The Hall–Kier alpha value is -2.67. The van der Waals surface area contributed by atoms with Crippen molar-refractivity contribution in [3.05, 3.63) is 58.0 Å². The number of aryl methyl sites for hydroxylation is 1. The van der Waals surface area contributed by atoms with Crippen molar-refractivity contribution in [2.45, 2.75) is 13.1 Å². The summed E-state index contributed by atoms with van der Waals surface area (Å²) in [6.45, 7) is 5.62. The highest BCUT2D eigenvalue weighted by molar-refractivity contribution is 5.93. The average Bonchev–Trinajstić information content (AvgIpc) is 2.62. The molecule has 25 heavy (non-hydrogen) atoms. The van der Waals surface area contributed by atoms with Crippen LogP contribution in [0.15, 0.2) is 46.2 Å². The highest BCUT2D eigenvalue weighted by Crippen LogP contribution is 2.26. The van der Waals surface area contributed by atoms with Gasteiger partial charge in [0.2, 0.25) is 11.9 Å². The van der Waals surface area contributed by atoms with E-state index in [4.69, 9.17) is 4.99 Å². The zero-order chi connectivity index (χ0) is 17.4. The largest absolute Gasteiger partial charge is 0.340 e. The molecule has 3 heterocycles. The van der Waals surface area contributed by atoms with E-state index in [0.29, 0.717) is 11.6 Å². The number of aromatic nitrogens is 2. The number of likely N-dealkylation sites (N-methyl/N-ethyl adjacent to an activating group) is 1. The molecule has 2 aromatic rings. The van der Waals surface area contributed by atoms with Crippen LogP contribution in [0.2, 0.25) is 0 Å². The maximum Gasteiger partial charge on any atom is 0.257 e. The molecule has 0 aliphatic carbocycles. The summed E-state index contributed by atoms with van der Waals surface area (Å²) in [6.07, 6.45) is -0.396. The summed E-state index contributed by atoms with van der Waals surface area (Å²) in [5.41, 5.74) is 1.59. The summed E-state index contributed by atoms with van der Waals surface area (Å²) in [5.74, 6) is 1.35. The number of nitrogens with one attached hydrogen (secondary N) is 1. The van der Waals surface area contributed by atoms with Gasteiger partial charge >= 0.3 is 0 Å². The summed E-state index contributed by atoms with van der Waals surface area (Å²) in [5, 5.41) is 3.27. The van der Waals surface area contributed by atoms with Crippen molar-refractivity contribution in [1.82, 2.24) is 19.4 Å². The second-order valence-electron chi connectivity index (χ2n) is 6.58. The van der Waals surface area contributed by atoms with Crippen LogP contribution in [0.4, 0.5) is 5.95 Å².